The van der Waals surface area contributed by atoms with Crippen LogP contribution >= 0.6 is 79.6 Å². The summed E-state index contributed by atoms with van der Waals surface area (Å²) in [5, 5.41) is 0. The lowest BCUT2D eigenvalue weighted by atomic mass is 9.68. The Labute approximate surface area is 635 Å². The molecule has 0 saturated carbocycles. The van der Waals surface area contributed by atoms with Crippen LogP contribution in [0.2, 0.25) is 0 Å². The number of fused-ring (bicyclic) bond motifs is 12. The van der Waals surface area contributed by atoms with E-state index in [9.17, 15) is 0 Å². The molecule has 1 aliphatic heterocycles. The van der Waals surface area contributed by atoms with E-state index in [2.05, 4.69) is 293 Å². The monoisotopic (exact) mass is 1630 g/mol. The van der Waals surface area contributed by atoms with Crippen LogP contribution in [0.5, 0.6) is 0 Å². The van der Waals surface area contributed by atoms with Crippen molar-refractivity contribution in [2.75, 3.05) is 0 Å². The Bertz CT molecular complexity index is 3710. The Morgan fingerprint density at radius 3 is 0.898 bits per heavy atom. The van der Waals surface area contributed by atoms with Crippen LogP contribution in [0.3, 0.4) is 0 Å². The lowest BCUT2D eigenvalue weighted by Crippen LogP contribution is -2.41. The van der Waals surface area contributed by atoms with Crippen LogP contribution in [0.25, 0.3) is 44.5 Å². The molecule has 1 fully saturated rings. The SMILES string of the molecule is Brc1ccc2c(c1)Cc1cc(Br)ccc1-2.CCCCCCCCC1(CCCCCCCC)c2cc(Br)ccc2-c2ccc(B3OC(C)(C)C(C)(C)O3)cc21.CCCCCCCCC1(CCCCCCCC)c2cc(Br)ccc2-c2ccc(Br)cc21.c1ccc2c(c1)Cc1ccccc1-2. The van der Waals surface area contributed by atoms with Gasteiger partial charge < -0.3 is 9.31 Å². The summed E-state index contributed by atoms with van der Waals surface area (Å²) in [5.74, 6) is 0. The Morgan fingerprint density at radius 1 is 0.286 bits per heavy atom. The summed E-state index contributed by atoms with van der Waals surface area (Å²) >= 11 is 18.4. The van der Waals surface area contributed by atoms with Gasteiger partial charge in [0.15, 0.2) is 0 Å². The molecule has 1 heterocycles. The Morgan fingerprint density at radius 2 is 0.551 bits per heavy atom. The molecule has 0 bridgehead atoms. The van der Waals surface area contributed by atoms with Crippen molar-refractivity contribution < 1.29 is 9.31 Å². The van der Waals surface area contributed by atoms with Crippen molar-refractivity contribution >= 4 is 92.2 Å². The minimum atomic E-state index is -0.335. The highest BCUT2D eigenvalue weighted by Crippen LogP contribution is 2.57. The molecule has 0 spiro atoms. The summed E-state index contributed by atoms with van der Waals surface area (Å²) in [5.41, 5.74) is 24.0. The fourth-order valence-corrected chi connectivity index (χ4v) is 18.3. The largest absolute Gasteiger partial charge is 0.494 e. The van der Waals surface area contributed by atoms with E-state index in [-0.39, 0.29) is 29.2 Å². The summed E-state index contributed by atoms with van der Waals surface area (Å²) in [7, 11) is -0.323. The number of benzene rings is 8. The highest BCUT2D eigenvalue weighted by atomic mass is 79.9. The second kappa shape index (κ2) is 36.5. The number of halogens is 5. The maximum absolute atomic E-state index is 6.52. The summed E-state index contributed by atoms with van der Waals surface area (Å²) < 4.78 is 19.0. The van der Waals surface area contributed by atoms with Gasteiger partial charge in [0.2, 0.25) is 0 Å². The minimum absolute atomic E-state index is 0.0591. The Hall–Kier alpha value is -3.86. The van der Waals surface area contributed by atoms with Crippen molar-refractivity contribution in [3.05, 3.63) is 225 Å². The molecule has 8 heteroatoms. The Kier molecular flexibility index (Phi) is 28.6. The molecule has 0 atom stereocenters. The van der Waals surface area contributed by atoms with Gasteiger partial charge in [0, 0.05) is 33.2 Å². The van der Waals surface area contributed by atoms with Crippen LogP contribution in [0.4, 0.5) is 0 Å². The van der Waals surface area contributed by atoms with Crippen molar-refractivity contribution in [1.82, 2.24) is 0 Å². The van der Waals surface area contributed by atoms with E-state index < -0.39 is 0 Å². The molecular weight excluding hydrogens is 1520 g/mol. The molecule has 0 N–H and O–H groups in total. The van der Waals surface area contributed by atoms with Crippen molar-refractivity contribution in [1.29, 1.82) is 0 Å². The van der Waals surface area contributed by atoms with Crippen LogP contribution in [-0.4, -0.2) is 18.3 Å². The van der Waals surface area contributed by atoms with E-state index in [0.29, 0.717) is 0 Å². The molecule has 0 amide bonds. The smallest absolute Gasteiger partial charge is 0.399 e. The average Bonchev–Trinajstić information content (AvgIpc) is 1.57. The fraction of sp³-hybridized carbons (Fsp3) is 0.467. The summed E-state index contributed by atoms with van der Waals surface area (Å²) in [6, 6.07) is 58.4. The molecule has 8 aromatic carbocycles. The van der Waals surface area contributed by atoms with Crippen molar-refractivity contribution in [3.63, 3.8) is 0 Å². The maximum atomic E-state index is 6.52. The van der Waals surface area contributed by atoms with Gasteiger partial charge >= 0.3 is 7.12 Å². The third-order valence-electron chi connectivity index (χ3n) is 22.5. The quantitative estimate of drug-likeness (QED) is 0.0344. The predicted molar refractivity (Wildman–Crippen MR) is 441 cm³/mol. The first-order chi connectivity index (χ1) is 47.5. The third-order valence-corrected chi connectivity index (χ3v) is 25.0. The zero-order chi connectivity index (χ0) is 69.3. The predicted octanol–water partition coefficient (Wildman–Crippen LogP) is 29.5. The van der Waals surface area contributed by atoms with Crippen molar-refractivity contribution in [2.24, 2.45) is 0 Å². The molecule has 0 aromatic heterocycles. The normalized spacial score (nSPS) is 15.3. The van der Waals surface area contributed by atoms with Gasteiger partial charge in [0.25, 0.3) is 0 Å². The second-order valence-electron chi connectivity index (χ2n) is 30.0. The lowest BCUT2D eigenvalue weighted by Gasteiger charge is -2.33. The first-order valence-corrected chi connectivity index (χ1v) is 42.1. The van der Waals surface area contributed by atoms with Gasteiger partial charge in [-0.3, -0.25) is 0 Å². The van der Waals surface area contributed by atoms with Gasteiger partial charge in [-0.15, -0.1) is 0 Å². The molecule has 2 nitrogen and oxygen atoms in total. The molecule has 520 valence electrons. The van der Waals surface area contributed by atoms with Gasteiger partial charge in [-0.05, 0) is 221 Å². The molecule has 98 heavy (non-hydrogen) atoms. The molecular formula is C90H110BBr5O2. The number of rotatable bonds is 29. The van der Waals surface area contributed by atoms with Crippen LogP contribution in [0.1, 0.15) is 280 Å². The third kappa shape index (κ3) is 18.5. The minimum Gasteiger partial charge on any atom is -0.399 e. The van der Waals surface area contributed by atoms with E-state index in [1.165, 1.54) is 271 Å². The number of unbranched alkanes of at least 4 members (excludes halogenated alkanes) is 20. The van der Waals surface area contributed by atoms with Crippen LogP contribution < -0.4 is 5.46 Å². The zero-order valence-electron chi connectivity index (χ0n) is 60.5. The average molecular weight is 1630 g/mol. The Balaban J connectivity index is 0.000000154. The molecule has 0 radical (unpaired) electrons. The van der Waals surface area contributed by atoms with Crippen LogP contribution in [0, 0.1) is 0 Å². The summed E-state index contributed by atoms with van der Waals surface area (Å²) in [6.45, 7) is 17.8. The molecule has 13 rings (SSSR count). The van der Waals surface area contributed by atoms with E-state index in [0.717, 1.165) is 27.2 Å². The van der Waals surface area contributed by atoms with Crippen LogP contribution in [0.15, 0.2) is 180 Å². The number of hydrogen-bond acceptors (Lipinski definition) is 2. The molecule has 4 aliphatic carbocycles. The van der Waals surface area contributed by atoms with Gasteiger partial charge in [0.05, 0.1) is 11.2 Å². The van der Waals surface area contributed by atoms with Crippen molar-refractivity contribution in [3.8, 4) is 44.5 Å². The standard InChI is InChI=1S/C35H52BBrO2.C29H40Br2.C13H8Br2.C13H10/c1-7-9-11-13-15-17-23-35(24-18-16-14-12-10-8-2)31-25-27(36-38-33(3,4)34(5,6)39-36)19-21-29(31)30-22-20-28(37)26-32(30)35;1-3-5-7-9-11-13-19-29(20-14-12-10-8-6-4-2)27-21-23(30)15-17-25(27)26-18-16-24(31)22-28(26)29;14-10-1-3-12-8(6-10)5-9-7-11(15)2-4-13(9)12;1-3-7-12-10(5-1)9-11-6-2-4-8-13(11)12/h19-22,25-26H,7-18,23-24H2,1-6H3;15-18,21-22H,3-14,19-20H2,1-2H3;1-4,6-7H,5H2;1-8H,9H2. The fourth-order valence-electron chi connectivity index (χ4n) is 16.4. The lowest BCUT2D eigenvalue weighted by molar-refractivity contribution is 0.00578. The van der Waals surface area contributed by atoms with Crippen LogP contribution in [-0.2, 0) is 33.0 Å². The van der Waals surface area contributed by atoms with E-state index >= 15 is 0 Å². The van der Waals surface area contributed by atoms with Crippen molar-refractivity contribution in [2.45, 2.75) is 270 Å². The molecule has 0 unspecified atom stereocenters. The number of hydrogen-bond donors (Lipinski definition) is 0. The molecule has 8 aromatic rings. The van der Waals surface area contributed by atoms with Gasteiger partial charge in [-0.1, -0.05) is 359 Å². The highest BCUT2D eigenvalue weighted by Gasteiger charge is 2.53. The highest BCUT2D eigenvalue weighted by molar-refractivity contribution is 9.11. The zero-order valence-corrected chi connectivity index (χ0v) is 68.4. The molecule has 5 aliphatic rings. The van der Waals surface area contributed by atoms with Gasteiger partial charge in [-0.25, -0.2) is 0 Å². The summed E-state index contributed by atoms with van der Waals surface area (Å²) in [6.07, 6.45) is 39.5. The second-order valence-corrected chi connectivity index (χ2v) is 34.5. The van der Waals surface area contributed by atoms with E-state index in [4.69, 9.17) is 9.31 Å². The summed E-state index contributed by atoms with van der Waals surface area (Å²) in [4.78, 5) is 0. The first kappa shape index (κ1) is 76.8. The topological polar surface area (TPSA) is 18.5 Å². The van der Waals surface area contributed by atoms with E-state index in [1.54, 1.807) is 11.1 Å². The maximum Gasteiger partial charge on any atom is 0.494 e. The van der Waals surface area contributed by atoms with Gasteiger partial charge in [0.1, 0.15) is 0 Å². The van der Waals surface area contributed by atoms with Gasteiger partial charge in [-0.2, -0.15) is 0 Å². The first-order valence-electron chi connectivity index (χ1n) is 38.1. The molecule has 1 saturated heterocycles. The van der Waals surface area contributed by atoms with E-state index in [1.807, 2.05) is 0 Å².